The van der Waals surface area contributed by atoms with E-state index in [1.807, 2.05) is 58.0 Å². The normalized spacial score (nSPS) is 19.5. The largest absolute Gasteiger partial charge is 0.459 e. The molecular formula is C29H38N2O7SSi. The number of amides is 1. The van der Waals surface area contributed by atoms with Gasteiger partial charge in [0.15, 0.2) is 14.2 Å². The topological polar surface area (TPSA) is 116 Å². The summed E-state index contributed by atoms with van der Waals surface area (Å²) in [5.74, 6) is -2.05. The van der Waals surface area contributed by atoms with Gasteiger partial charge in [0.25, 0.3) is 5.69 Å². The van der Waals surface area contributed by atoms with Gasteiger partial charge in [-0.25, -0.2) is 0 Å². The third-order valence-electron chi connectivity index (χ3n) is 7.51. The van der Waals surface area contributed by atoms with Gasteiger partial charge >= 0.3 is 5.97 Å². The van der Waals surface area contributed by atoms with E-state index in [9.17, 15) is 24.5 Å². The Morgan fingerprint density at radius 1 is 1.07 bits per heavy atom. The number of esters is 1. The molecule has 1 aliphatic heterocycles. The number of hydrogen-bond acceptors (Lipinski definition) is 8. The highest BCUT2D eigenvalue weighted by Gasteiger charge is 2.63. The number of thioether (sulfide) groups is 1. The highest BCUT2D eigenvalue weighted by atomic mass is 32.2. The lowest BCUT2D eigenvalue weighted by Gasteiger charge is -2.59. The molecule has 1 saturated heterocycles. The number of nitro benzene ring substituents is 1. The van der Waals surface area contributed by atoms with Crippen LogP contribution in [0.5, 0.6) is 0 Å². The fraction of sp³-hybridized carbons (Fsp3) is 0.483. The molecule has 0 radical (unpaired) electrons. The van der Waals surface area contributed by atoms with Crippen LogP contribution in [0.2, 0.25) is 13.1 Å². The number of ether oxygens (including phenoxy) is 1. The van der Waals surface area contributed by atoms with Crippen molar-refractivity contribution in [1.82, 2.24) is 4.90 Å². The lowest BCUT2D eigenvalue weighted by atomic mass is 9.61. The first-order valence-electron chi connectivity index (χ1n) is 13.3. The molecule has 1 heterocycles. The highest BCUT2D eigenvalue weighted by molar-refractivity contribution is 8.13. The second-order valence-electron chi connectivity index (χ2n) is 11.6. The van der Waals surface area contributed by atoms with Crippen molar-refractivity contribution in [2.45, 2.75) is 70.9 Å². The van der Waals surface area contributed by atoms with Gasteiger partial charge in [-0.15, -0.1) is 0 Å². The summed E-state index contributed by atoms with van der Waals surface area (Å²) in [6, 6.07) is 14.5. The van der Waals surface area contributed by atoms with Crippen LogP contribution in [-0.2, 0) is 30.2 Å². The molecule has 4 atom stereocenters. The molecule has 0 unspecified atom stereocenters. The van der Waals surface area contributed by atoms with Crippen LogP contribution in [0.4, 0.5) is 5.69 Å². The molecule has 11 heteroatoms. The highest BCUT2D eigenvalue weighted by Crippen LogP contribution is 2.50. The number of rotatable bonds is 11. The van der Waals surface area contributed by atoms with Crippen molar-refractivity contribution in [3.05, 3.63) is 70.3 Å². The summed E-state index contributed by atoms with van der Waals surface area (Å²) in [7, 11) is -1.60. The number of carbonyl (C=O) groups is 3. The summed E-state index contributed by atoms with van der Waals surface area (Å²) in [5.41, 5.74) is -0.738. The van der Waals surface area contributed by atoms with Crippen LogP contribution in [0.1, 0.15) is 40.2 Å². The molecule has 0 N–H and O–H groups in total. The van der Waals surface area contributed by atoms with E-state index in [0.717, 1.165) is 16.7 Å². The van der Waals surface area contributed by atoms with E-state index in [2.05, 4.69) is 13.1 Å². The molecule has 0 aromatic heterocycles. The Hall–Kier alpha value is -3.02. The van der Waals surface area contributed by atoms with Gasteiger partial charge in [-0.2, -0.15) is 0 Å². The first-order chi connectivity index (χ1) is 18.7. The standard InChI is InChI=1S/C29H38N2O7SSi/c1-19(27(34)39-22-11-9-8-10-12-22)25-24(29(5,28(2,3)4)38-40(6)7)26(33)30(25)17-23(32)37-18-20-13-15-21(16-14-20)31(35)36/h8-16,19,24-25,40H,17-18H2,1-7H3/t19-,24-,25-,29-/m1/s1. The molecule has 216 valence electrons. The minimum atomic E-state index is -1.60. The summed E-state index contributed by atoms with van der Waals surface area (Å²) >= 11 is 1.12. The minimum absolute atomic E-state index is 0.0595. The molecular weight excluding hydrogens is 548 g/mol. The summed E-state index contributed by atoms with van der Waals surface area (Å²) in [6.07, 6.45) is 0. The van der Waals surface area contributed by atoms with E-state index in [1.165, 1.54) is 29.2 Å². The van der Waals surface area contributed by atoms with Gasteiger partial charge in [0.1, 0.15) is 13.2 Å². The monoisotopic (exact) mass is 586 g/mol. The van der Waals surface area contributed by atoms with Gasteiger partial charge in [0.05, 0.1) is 22.5 Å². The van der Waals surface area contributed by atoms with E-state index >= 15 is 0 Å². The second kappa shape index (κ2) is 12.7. The van der Waals surface area contributed by atoms with Crippen molar-refractivity contribution in [2.24, 2.45) is 17.3 Å². The number of non-ortho nitro benzene ring substituents is 1. The van der Waals surface area contributed by atoms with Crippen molar-refractivity contribution in [2.75, 3.05) is 6.54 Å². The quantitative estimate of drug-likeness (QED) is 0.0878. The average Bonchev–Trinajstić information content (AvgIpc) is 2.88. The molecule has 9 nitrogen and oxygen atoms in total. The zero-order chi connectivity index (χ0) is 29.8. The van der Waals surface area contributed by atoms with Crippen molar-refractivity contribution >= 4 is 43.5 Å². The van der Waals surface area contributed by atoms with Gasteiger partial charge in [0.2, 0.25) is 5.91 Å². The van der Waals surface area contributed by atoms with Crippen molar-refractivity contribution in [3.63, 3.8) is 0 Å². The molecule has 1 fully saturated rings. The Morgan fingerprint density at radius 2 is 1.68 bits per heavy atom. The second-order valence-corrected chi connectivity index (χ2v) is 15.0. The number of likely N-dealkylation sites (tertiary alicyclic amines) is 1. The zero-order valence-electron chi connectivity index (χ0n) is 24.1. The Kier molecular flexibility index (Phi) is 9.97. The molecule has 1 aliphatic rings. The molecule has 3 rings (SSSR count). The lowest BCUT2D eigenvalue weighted by Crippen LogP contribution is -2.74. The van der Waals surface area contributed by atoms with E-state index < -0.39 is 48.8 Å². The smallest absolute Gasteiger partial charge is 0.325 e. The van der Waals surface area contributed by atoms with E-state index in [-0.39, 0.29) is 29.9 Å². The Balaban J connectivity index is 1.82. The number of nitro groups is 1. The van der Waals surface area contributed by atoms with E-state index in [4.69, 9.17) is 9.16 Å². The zero-order valence-corrected chi connectivity index (χ0v) is 26.1. The van der Waals surface area contributed by atoms with Crippen LogP contribution in [-0.4, -0.2) is 54.0 Å². The van der Waals surface area contributed by atoms with Crippen molar-refractivity contribution in [1.29, 1.82) is 0 Å². The molecule has 2 aromatic carbocycles. The molecule has 0 aliphatic carbocycles. The SMILES string of the molecule is C[C@@H](C(=O)Sc1ccccc1)[C@@H]1[C@@H]([C@@](C)(O[SiH](C)C)C(C)(C)C)C(=O)N1CC(=O)OCc1ccc([N+](=O)[O-])cc1. The molecule has 0 spiro atoms. The first-order valence-corrected chi connectivity index (χ1v) is 16.9. The van der Waals surface area contributed by atoms with Crippen LogP contribution in [0, 0.1) is 27.4 Å². The predicted octanol–water partition coefficient (Wildman–Crippen LogP) is 5.22. The number of carbonyl (C=O) groups excluding carboxylic acids is 3. The number of hydrogen-bond donors (Lipinski definition) is 0. The Labute approximate surface area is 241 Å². The Morgan fingerprint density at radius 3 is 2.20 bits per heavy atom. The summed E-state index contributed by atoms with van der Waals surface area (Å²) in [4.78, 5) is 52.6. The maximum Gasteiger partial charge on any atom is 0.325 e. The van der Waals surface area contributed by atoms with Crippen LogP contribution in [0.25, 0.3) is 0 Å². The number of benzene rings is 2. The summed E-state index contributed by atoms with van der Waals surface area (Å²) in [6.45, 7) is 13.5. The molecule has 0 saturated carbocycles. The van der Waals surface area contributed by atoms with Crippen molar-refractivity contribution in [3.8, 4) is 0 Å². The fourth-order valence-electron chi connectivity index (χ4n) is 4.98. The van der Waals surface area contributed by atoms with E-state index in [1.54, 1.807) is 6.92 Å². The first kappa shape index (κ1) is 31.5. The number of β-lactam (4-membered cyclic amide) rings is 1. The molecule has 0 bridgehead atoms. The van der Waals surface area contributed by atoms with Gasteiger partial charge in [-0.05, 0) is 55.3 Å². The summed E-state index contributed by atoms with van der Waals surface area (Å²) in [5, 5.41) is 10.8. The minimum Gasteiger partial charge on any atom is -0.459 e. The number of nitrogens with zero attached hydrogens (tertiary/aromatic N) is 2. The van der Waals surface area contributed by atoms with Crippen LogP contribution >= 0.6 is 11.8 Å². The van der Waals surface area contributed by atoms with Crippen LogP contribution in [0.3, 0.4) is 0 Å². The van der Waals surface area contributed by atoms with Crippen LogP contribution < -0.4 is 0 Å². The maximum atomic E-state index is 13.7. The third-order valence-corrected chi connectivity index (χ3v) is 9.55. The molecule has 40 heavy (non-hydrogen) atoms. The molecule has 1 amide bonds. The lowest BCUT2D eigenvalue weighted by molar-refractivity contribution is -0.384. The van der Waals surface area contributed by atoms with E-state index in [0.29, 0.717) is 5.56 Å². The van der Waals surface area contributed by atoms with Gasteiger partial charge in [0, 0.05) is 22.9 Å². The van der Waals surface area contributed by atoms with Gasteiger partial charge in [-0.3, -0.25) is 24.5 Å². The van der Waals surface area contributed by atoms with Crippen LogP contribution in [0.15, 0.2) is 59.5 Å². The van der Waals surface area contributed by atoms with Crippen molar-refractivity contribution < 1.29 is 28.5 Å². The van der Waals surface area contributed by atoms with Gasteiger partial charge < -0.3 is 14.1 Å². The Bertz CT molecular complexity index is 1230. The average molecular weight is 587 g/mol. The fourth-order valence-corrected chi connectivity index (χ4v) is 7.31. The predicted molar refractivity (Wildman–Crippen MR) is 156 cm³/mol. The summed E-state index contributed by atoms with van der Waals surface area (Å²) < 4.78 is 12.0. The maximum absolute atomic E-state index is 13.7. The van der Waals surface area contributed by atoms with Gasteiger partial charge in [-0.1, -0.05) is 57.7 Å². The third kappa shape index (κ3) is 6.99. The molecule has 2 aromatic rings.